The standard InChI is InChI=1S/C14H20N2O4/c1-2-11(10-6-4-3-5-7-10)16-14(20)15-9-8-12(17)13(18)19/h3-7,11-12,17H,2,8-9H2,1H3,(H,18,19)(H2,15,16,20). The number of carboxylic acid groups (broad SMARTS) is 1. The van der Waals surface area contributed by atoms with Gasteiger partial charge in [0.25, 0.3) is 0 Å². The zero-order valence-corrected chi connectivity index (χ0v) is 11.4. The fourth-order valence-electron chi connectivity index (χ4n) is 1.76. The van der Waals surface area contributed by atoms with Gasteiger partial charge in [0.05, 0.1) is 6.04 Å². The summed E-state index contributed by atoms with van der Waals surface area (Å²) in [6.45, 7) is 2.07. The van der Waals surface area contributed by atoms with Crippen LogP contribution in [0.2, 0.25) is 0 Å². The van der Waals surface area contributed by atoms with Crippen molar-refractivity contribution in [3.8, 4) is 0 Å². The summed E-state index contributed by atoms with van der Waals surface area (Å²) in [6, 6.07) is 9.11. The summed E-state index contributed by atoms with van der Waals surface area (Å²) in [5.74, 6) is -1.29. The average molecular weight is 280 g/mol. The average Bonchev–Trinajstić information content (AvgIpc) is 2.45. The number of aliphatic hydroxyl groups is 1. The number of carbonyl (C=O) groups excluding carboxylic acids is 1. The van der Waals surface area contributed by atoms with Crippen LogP contribution in [0.25, 0.3) is 0 Å². The lowest BCUT2D eigenvalue weighted by atomic mass is 10.1. The second-order valence-corrected chi connectivity index (χ2v) is 4.41. The number of aliphatic carboxylic acids is 1. The molecule has 0 bridgehead atoms. The van der Waals surface area contributed by atoms with E-state index < -0.39 is 12.1 Å². The first kappa shape index (κ1) is 16.0. The summed E-state index contributed by atoms with van der Waals surface area (Å²) >= 11 is 0. The van der Waals surface area contributed by atoms with Crippen molar-refractivity contribution in [3.05, 3.63) is 35.9 Å². The van der Waals surface area contributed by atoms with Crippen LogP contribution in [0.5, 0.6) is 0 Å². The van der Waals surface area contributed by atoms with E-state index in [2.05, 4.69) is 10.6 Å². The summed E-state index contributed by atoms with van der Waals surface area (Å²) in [6.07, 6.45) is -0.730. The minimum Gasteiger partial charge on any atom is -0.479 e. The van der Waals surface area contributed by atoms with E-state index in [0.717, 1.165) is 12.0 Å². The van der Waals surface area contributed by atoms with Gasteiger partial charge >= 0.3 is 12.0 Å². The maximum atomic E-state index is 11.7. The SMILES string of the molecule is CCC(NC(=O)NCCC(O)C(=O)O)c1ccccc1. The monoisotopic (exact) mass is 280 g/mol. The third kappa shape index (κ3) is 5.27. The van der Waals surface area contributed by atoms with E-state index in [1.807, 2.05) is 37.3 Å². The number of amides is 2. The highest BCUT2D eigenvalue weighted by molar-refractivity contribution is 5.75. The molecule has 1 rings (SSSR count). The Morgan fingerprint density at radius 1 is 1.25 bits per heavy atom. The van der Waals surface area contributed by atoms with Gasteiger partial charge in [-0.3, -0.25) is 0 Å². The van der Waals surface area contributed by atoms with Gasteiger partial charge < -0.3 is 20.8 Å². The van der Waals surface area contributed by atoms with Crippen molar-refractivity contribution in [2.75, 3.05) is 6.54 Å². The van der Waals surface area contributed by atoms with Crippen LogP contribution in [0.15, 0.2) is 30.3 Å². The molecule has 0 spiro atoms. The number of urea groups is 1. The molecule has 1 aromatic carbocycles. The van der Waals surface area contributed by atoms with Gasteiger partial charge in [0.15, 0.2) is 6.10 Å². The number of aliphatic hydroxyl groups excluding tert-OH is 1. The lowest BCUT2D eigenvalue weighted by molar-refractivity contribution is -0.146. The van der Waals surface area contributed by atoms with Gasteiger partial charge in [-0.15, -0.1) is 0 Å². The molecule has 0 aliphatic carbocycles. The van der Waals surface area contributed by atoms with Crippen molar-refractivity contribution in [3.63, 3.8) is 0 Å². The largest absolute Gasteiger partial charge is 0.479 e. The van der Waals surface area contributed by atoms with Crippen molar-refractivity contribution >= 4 is 12.0 Å². The molecule has 0 heterocycles. The number of carbonyl (C=O) groups is 2. The van der Waals surface area contributed by atoms with E-state index in [0.29, 0.717) is 0 Å². The molecule has 6 heteroatoms. The molecule has 0 aliphatic heterocycles. The number of hydrogen-bond acceptors (Lipinski definition) is 3. The van der Waals surface area contributed by atoms with Crippen LogP contribution in [0, 0.1) is 0 Å². The van der Waals surface area contributed by atoms with Crippen LogP contribution in [-0.4, -0.2) is 34.9 Å². The molecule has 0 aliphatic rings. The highest BCUT2D eigenvalue weighted by Crippen LogP contribution is 2.15. The number of hydrogen-bond donors (Lipinski definition) is 4. The van der Waals surface area contributed by atoms with E-state index in [9.17, 15) is 9.59 Å². The summed E-state index contributed by atoms with van der Waals surface area (Å²) < 4.78 is 0. The lowest BCUT2D eigenvalue weighted by Crippen LogP contribution is -2.39. The first-order valence-electron chi connectivity index (χ1n) is 6.54. The highest BCUT2D eigenvalue weighted by Gasteiger charge is 2.14. The maximum Gasteiger partial charge on any atom is 0.332 e. The molecular formula is C14H20N2O4. The minimum atomic E-state index is -1.45. The Hall–Kier alpha value is -2.08. The van der Waals surface area contributed by atoms with Crippen molar-refractivity contribution < 1.29 is 19.8 Å². The van der Waals surface area contributed by atoms with Crippen LogP contribution in [0.4, 0.5) is 4.79 Å². The molecule has 2 unspecified atom stereocenters. The Balaban J connectivity index is 2.39. The molecule has 6 nitrogen and oxygen atoms in total. The topological polar surface area (TPSA) is 98.7 Å². The Bertz CT molecular complexity index is 436. The van der Waals surface area contributed by atoms with Crippen molar-refractivity contribution in [2.24, 2.45) is 0 Å². The third-order valence-corrected chi connectivity index (χ3v) is 2.90. The molecular weight excluding hydrogens is 260 g/mol. The van der Waals surface area contributed by atoms with Crippen LogP contribution < -0.4 is 10.6 Å². The molecule has 0 saturated heterocycles. The van der Waals surface area contributed by atoms with Gasteiger partial charge in [0.2, 0.25) is 0 Å². The normalized spacial score (nSPS) is 13.3. The molecule has 0 saturated carbocycles. The molecule has 0 fully saturated rings. The smallest absolute Gasteiger partial charge is 0.332 e. The molecule has 1 aromatic rings. The summed E-state index contributed by atoms with van der Waals surface area (Å²) in [4.78, 5) is 22.1. The van der Waals surface area contributed by atoms with E-state index in [4.69, 9.17) is 10.2 Å². The lowest BCUT2D eigenvalue weighted by Gasteiger charge is -2.18. The number of carboxylic acids is 1. The molecule has 20 heavy (non-hydrogen) atoms. The van der Waals surface area contributed by atoms with Gasteiger partial charge in [-0.2, -0.15) is 0 Å². The van der Waals surface area contributed by atoms with Crippen LogP contribution >= 0.6 is 0 Å². The van der Waals surface area contributed by atoms with Gasteiger partial charge in [0.1, 0.15) is 0 Å². The summed E-state index contributed by atoms with van der Waals surface area (Å²) in [5.41, 5.74) is 1.01. The Kier molecular flexibility index (Phi) is 6.52. The second-order valence-electron chi connectivity index (χ2n) is 4.41. The molecule has 4 N–H and O–H groups in total. The summed E-state index contributed by atoms with van der Waals surface area (Å²) in [5, 5.41) is 22.9. The first-order chi connectivity index (χ1) is 9.54. The Morgan fingerprint density at radius 2 is 1.90 bits per heavy atom. The summed E-state index contributed by atoms with van der Waals surface area (Å²) in [7, 11) is 0. The van der Waals surface area contributed by atoms with E-state index in [-0.39, 0.29) is 25.0 Å². The predicted octanol–water partition coefficient (Wildman–Crippen LogP) is 1.27. The van der Waals surface area contributed by atoms with Gasteiger partial charge in [0, 0.05) is 13.0 Å². The zero-order valence-electron chi connectivity index (χ0n) is 11.4. The number of nitrogens with one attached hydrogen (secondary N) is 2. The molecule has 110 valence electrons. The van der Waals surface area contributed by atoms with Crippen molar-refractivity contribution in [2.45, 2.75) is 31.9 Å². The third-order valence-electron chi connectivity index (χ3n) is 2.90. The molecule has 0 aromatic heterocycles. The van der Waals surface area contributed by atoms with Gasteiger partial charge in [-0.25, -0.2) is 9.59 Å². The van der Waals surface area contributed by atoms with Gasteiger partial charge in [-0.05, 0) is 12.0 Å². The zero-order chi connectivity index (χ0) is 15.0. The predicted molar refractivity (Wildman–Crippen MR) is 74.3 cm³/mol. The minimum absolute atomic E-state index is 0.0229. The fraction of sp³-hybridized carbons (Fsp3) is 0.429. The molecule has 2 atom stereocenters. The van der Waals surface area contributed by atoms with Gasteiger partial charge in [-0.1, -0.05) is 37.3 Å². The van der Waals surface area contributed by atoms with E-state index >= 15 is 0 Å². The fourth-order valence-corrected chi connectivity index (χ4v) is 1.76. The van der Waals surface area contributed by atoms with Crippen LogP contribution in [-0.2, 0) is 4.79 Å². The molecule has 2 amide bonds. The molecule has 0 radical (unpaired) electrons. The first-order valence-corrected chi connectivity index (χ1v) is 6.54. The number of benzene rings is 1. The Labute approximate surface area is 117 Å². The van der Waals surface area contributed by atoms with Crippen molar-refractivity contribution in [1.29, 1.82) is 0 Å². The maximum absolute atomic E-state index is 11.7. The Morgan fingerprint density at radius 3 is 2.45 bits per heavy atom. The van der Waals surface area contributed by atoms with E-state index in [1.165, 1.54) is 0 Å². The van der Waals surface area contributed by atoms with E-state index in [1.54, 1.807) is 0 Å². The highest BCUT2D eigenvalue weighted by atomic mass is 16.4. The van der Waals surface area contributed by atoms with Crippen LogP contribution in [0.3, 0.4) is 0 Å². The quantitative estimate of drug-likeness (QED) is 0.604. The van der Waals surface area contributed by atoms with Crippen molar-refractivity contribution in [1.82, 2.24) is 10.6 Å². The number of rotatable bonds is 7. The van der Waals surface area contributed by atoms with Crippen LogP contribution in [0.1, 0.15) is 31.4 Å². The second kappa shape index (κ2) is 8.16.